The lowest BCUT2D eigenvalue weighted by atomic mass is 10.1. The average Bonchev–Trinajstić information content (AvgIpc) is 2.60. The molecule has 0 aliphatic rings. The molecule has 0 saturated carbocycles. The first kappa shape index (κ1) is 26.6. The lowest BCUT2D eigenvalue weighted by Gasteiger charge is -2.24. The fraction of sp³-hybridized carbons (Fsp3) is 0.917. The van der Waals surface area contributed by atoms with Crippen LogP contribution in [-0.4, -0.2) is 47.0 Å². The normalized spacial score (nSPS) is 14.3. The Balaban J connectivity index is 3.39. The summed E-state index contributed by atoms with van der Waals surface area (Å²) in [6.45, 7) is 8.21. The number of unbranched alkanes of at least 4 members (excludes halogenated alkanes) is 12. The molecule has 0 aromatic rings. The van der Waals surface area contributed by atoms with Crippen molar-refractivity contribution in [3.63, 3.8) is 0 Å². The molecule has 0 aliphatic carbocycles. The highest BCUT2D eigenvalue weighted by atomic mass is 16.3. The van der Waals surface area contributed by atoms with E-state index in [0.717, 1.165) is 13.0 Å². The molecule has 2 atom stereocenters. The second-order valence-electron chi connectivity index (χ2n) is 8.40. The molecule has 0 bridgehead atoms. The second-order valence-corrected chi connectivity index (χ2v) is 8.40. The number of allylic oxidation sites excluding steroid dienone is 2. The molecule has 0 radical (unpaired) electrons. The standard InChI is InChI=1S/C24H49NO2/c1-4-5-6-7-8-9-10-11-12-13-14-15-16-17-18-19-20-25(21-23(2)26)22-24(3)27/h11-12,23-24,26-27H,4-10,13-22H2,1-3H3. The molecule has 2 N–H and O–H groups in total. The Hall–Kier alpha value is -0.380. The van der Waals surface area contributed by atoms with Crippen molar-refractivity contribution in [2.24, 2.45) is 0 Å². The Morgan fingerprint density at radius 1 is 0.630 bits per heavy atom. The van der Waals surface area contributed by atoms with Crippen LogP contribution >= 0.6 is 0 Å². The van der Waals surface area contributed by atoms with E-state index in [4.69, 9.17) is 0 Å². The van der Waals surface area contributed by atoms with Gasteiger partial charge in [-0.2, -0.15) is 0 Å². The van der Waals surface area contributed by atoms with Crippen molar-refractivity contribution in [1.29, 1.82) is 0 Å². The molecule has 0 amide bonds. The molecule has 27 heavy (non-hydrogen) atoms. The largest absolute Gasteiger partial charge is 0.392 e. The minimum atomic E-state index is -0.321. The molecular weight excluding hydrogens is 334 g/mol. The third-order valence-electron chi connectivity index (χ3n) is 5.03. The van der Waals surface area contributed by atoms with E-state index in [9.17, 15) is 10.2 Å². The van der Waals surface area contributed by atoms with Crippen LogP contribution in [0.2, 0.25) is 0 Å². The van der Waals surface area contributed by atoms with Crippen LogP contribution in [0.3, 0.4) is 0 Å². The van der Waals surface area contributed by atoms with Gasteiger partial charge in [0.05, 0.1) is 12.2 Å². The third kappa shape index (κ3) is 21.8. The van der Waals surface area contributed by atoms with Gasteiger partial charge in [-0.25, -0.2) is 0 Å². The summed E-state index contributed by atoms with van der Waals surface area (Å²) < 4.78 is 0. The highest BCUT2D eigenvalue weighted by molar-refractivity contribution is 4.81. The predicted octanol–water partition coefficient (Wildman–Crippen LogP) is 6.09. The van der Waals surface area contributed by atoms with Crippen molar-refractivity contribution in [3.8, 4) is 0 Å². The zero-order valence-corrected chi connectivity index (χ0v) is 18.7. The fourth-order valence-corrected chi connectivity index (χ4v) is 3.59. The van der Waals surface area contributed by atoms with Gasteiger partial charge < -0.3 is 10.2 Å². The van der Waals surface area contributed by atoms with Crippen LogP contribution in [0.25, 0.3) is 0 Å². The quantitative estimate of drug-likeness (QED) is 0.197. The van der Waals surface area contributed by atoms with E-state index in [1.165, 1.54) is 83.5 Å². The van der Waals surface area contributed by atoms with Crippen molar-refractivity contribution < 1.29 is 10.2 Å². The summed E-state index contributed by atoms with van der Waals surface area (Å²) in [5.74, 6) is 0. The zero-order chi connectivity index (χ0) is 20.2. The first-order chi connectivity index (χ1) is 13.1. The number of aliphatic hydroxyl groups excluding tert-OH is 2. The van der Waals surface area contributed by atoms with E-state index in [0.29, 0.717) is 13.1 Å². The molecule has 2 unspecified atom stereocenters. The highest BCUT2D eigenvalue weighted by Gasteiger charge is 2.10. The number of hydrogen-bond donors (Lipinski definition) is 2. The van der Waals surface area contributed by atoms with E-state index in [1.807, 2.05) is 13.8 Å². The first-order valence-corrected chi connectivity index (χ1v) is 11.8. The van der Waals surface area contributed by atoms with Crippen LogP contribution in [0.15, 0.2) is 12.2 Å². The lowest BCUT2D eigenvalue weighted by molar-refractivity contribution is 0.0825. The Morgan fingerprint density at radius 2 is 1.04 bits per heavy atom. The van der Waals surface area contributed by atoms with Crippen molar-refractivity contribution in [3.05, 3.63) is 12.2 Å². The predicted molar refractivity (Wildman–Crippen MR) is 119 cm³/mol. The minimum Gasteiger partial charge on any atom is -0.392 e. The van der Waals surface area contributed by atoms with E-state index in [2.05, 4.69) is 24.0 Å². The molecule has 0 spiro atoms. The fourth-order valence-electron chi connectivity index (χ4n) is 3.59. The summed E-state index contributed by atoms with van der Waals surface area (Å²) >= 11 is 0. The summed E-state index contributed by atoms with van der Waals surface area (Å²) in [6, 6.07) is 0. The summed E-state index contributed by atoms with van der Waals surface area (Å²) in [5.41, 5.74) is 0. The molecule has 0 aromatic heterocycles. The van der Waals surface area contributed by atoms with Crippen LogP contribution in [0.5, 0.6) is 0 Å². The van der Waals surface area contributed by atoms with Crippen LogP contribution in [-0.2, 0) is 0 Å². The van der Waals surface area contributed by atoms with E-state index in [-0.39, 0.29) is 12.2 Å². The summed E-state index contributed by atoms with van der Waals surface area (Å²) in [4.78, 5) is 2.18. The highest BCUT2D eigenvalue weighted by Crippen LogP contribution is 2.10. The monoisotopic (exact) mass is 383 g/mol. The maximum Gasteiger partial charge on any atom is 0.0639 e. The van der Waals surface area contributed by atoms with Gasteiger partial charge in [-0.3, -0.25) is 4.90 Å². The van der Waals surface area contributed by atoms with Crippen LogP contribution in [0.4, 0.5) is 0 Å². The topological polar surface area (TPSA) is 43.7 Å². The molecule has 0 fully saturated rings. The van der Waals surface area contributed by atoms with Gasteiger partial charge in [0.1, 0.15) is 0 Å². The number of hydrogen-bond acceptors (Lipinski definition) is 3. The van der Waals surface area contributed by atoms with Gasteiger partial charge in [-0.15, -0.1) is 0 Å². The molecule has 0 rings (SSSR count). The van der Waals surface area contributed by atoms with Crippen molar-refractivity contribution >= 4 is 0 Å². The van der Waals surface area contributed by atoms with Crippen LogP contribution in [0.1, 0.15) is 111 Å². The van der Waals surface area contributed by atoms with E-state index in [1.54, 1.807) is 0 Å². The average molecular weight is 384 g/mol. The summed E-state index contributed by atoms with van der Waals surface area (Å²) in [6.07, 6.45) is 22.7. The molecule has 0 heterocycles. The Morgan fingerprint density at radius 3 is 1.48 bits per heavy atom. The van der Waals surface area contributed by atoms with Crippen molar-refractivity contribution in [2.75, 3.05) is 19.6 Å². The number of aliphatic hydroxyl groups is 2. The zero-order valence-electron chi connectivity index (χ0n) is 18.7. The maximum atomic E-state index is 9.54. The third-order valence-corrected chi connectivity index (χ3v) is 5.03. The Kier molecular flexibility index (Phi) is 20.1. The Labute approximate surface area is 170 Å². The molecular formula is C24H49NO2. The molecule has 162 valence electrons. The summed E-state index contributed by atoms with van der Waals surface area (Å²) in [5, 5.41) is 19.1. The van der Waals surface area contributed by atoms with Gasteiger partial charge in [0, 0.05) is 13.1 Å². The maximum absolute atomic E-state index is 9.54. The van der Waals surface area contributed by atoms with Gasteiger partial charge in [0.25, 0.3) is 0 Å². The minimum absolute atomic E-state index is 0.321. The second kappa shape index (κ2) is 20.4. The smallest absolute Gasteiger partial charge is 0.0639 e. The van der Waals surface area contributed by atoms with Crippen molar-refractivity contribution in [2.45, 2.75) is 123 Å². The van der Waals surface area contributed by atoms with Crippen molar-refractivity contribution in [1.82, 2.24) is 4.90 Å². The molecule has 0 aliphatic heterocycles. The van der Waals surface area contributed by atoms with E-state index >= 15 is 0 Å². The molecule has 3 nitrogen and oxygen atoms in total. The van der Waals surface area contributed by atoms with Gasteiger partial charge in [-0.05, 0) is 52.5 Å². The van der Waals surface area contributed by atoms with Gasteiger partial charge in [-0.1, -0.05) is 76.9 Å². The van der Waals surface area contributed by atoms with E-state index < -0.39 is 0 Å². The molecule has 0 aromatic carbocycles. The lowest BCUT2D eigenvalue weighted by Crippen LogP contribution is -2.36. The molecule has 0 saturated heterocycles. The SMILES string of the molecule is CCCCCCCCC=CCCCCCCCCN(CC(C)O)CC(C)O. The van der Waals surface area contributed by atoms with Gasteiger partial charge >= 0.3 is 0 Å². The van der Waals surface area contributed by atoms with Gasteiger partial charge in [0.2, 0.25) is 0 Å². The summed E-state index contributed by atoms with van der Waals surface area (Å²) in [7, 11) is 0. The molecule has 3 heteroatoms. The van der Waals surface area contributed by atoms with Gasteiger partial charge in [0.15, 0.2) is 0 Å². The Bertz CT molecular complexity index is 306. The number of rotatable bonds is 20. The first-order valence-electron chi connectivity index (χ1n) is 11.8. The number of nitrogens with zero attached hydrogens (tertiary/aromatic N) is 1. The van der Waals surface area contributed by atoms with Crippen LogP contribution in [0, 0.1) is 0 Å². The van der Waals surface area contributed by atoms with Crippen LogP contribution < -0.4 is 0 Å².